The third-order valence-corrected chi connectivity index (χ3v) is 8.99. The molecule has 0 radical (unpaired) electrons. The number of halogens is 1. The topological polar surface area (TPSA) is 125 Å². The number of benzene rings is 1. The van der Waals surface area contributed by atoms with Crippen LogP contribution in [0.5, 0.6) is 0 Å². The van der Waals surface area contributed by atoms with Gasteiger partial charge in [0.05, 0.1) is 19.1 Å². The van der Waals surface area contributed by atoms with Crippen molar-refractivity contribution in [3.8, 4) is 0 Å². The van der Waals surface area contributed by atoms with Gasteiger partial charge in [-0.1, -0.05) is 71.8 Å². The van der Waals surface area contributed by atoms with Gasteiger partial charge >= 0.3 is 5.97 Å². The van der Waals surface area contributed by atoms with Gasteiger partial charge in [-0.25, -0.2) is 0 Å². The number of hydrogen-bond acceptors (Lipinski definition) is 7. The number of hydrogen-bond donors (Lipinski definition) is 2. The molecule has 0 saturated carbocycles. The normalized spacial score (nSPS) is 33.0. The van der Waals surface area contributed by atoms with Gasteiger partial charge < -0.3 is 29.7 Å². The summed E-state index contributed by atoms with van der Waals surface area (Å²) >= 11 is 3.54. The fourth-order valence-corrected chi connectivity index (χ4v) is 7.11. The number of aliphatic hydroxyl groups excluding tert-OH is 1. The maximum absolute atomic E-state index is 14.2. The first-order valence-electron chi connectivity index (χ1n) is 14.3. The number of amides is 3. The summed E-state index contributed by atoms with van der Waals surface area (Å²) in [5.74, 6) is -3.56. The SMILES string of the molecule is CCCCN1C/C=C\CCC(=O)NC[C@@H](c2ccccc2)OC(=O)[C@@H]2[C@H]3O[C@@]4(C=C3Br)[C@H](C1=O)N(CCO)C(=O)[C@@H]24. The first kappa shape index (κ1) is 29.5. The van der Waals surface area contributed by atoms with E-state index in [1.165, 1.54) is 4.90 Å². The van der Waals surface area contributed by atoms with Gasteiger partial charge in [0, 0.05) is 30.5 Å². The van der Waals surface area contributed by atoms with Gasteiger partial charge in [0.25, 0.3) is 0 Å². The molecule has 2 N–H and O–H groups in total. The van der Waals surface area contributed by atoms with Crippen molar-refractivity contribution in [2.45, 2.75) is 56.5 Å². The number of ether oxygens (including phenoxy) is 2. The number of carbonyl (C=O) groups excluding carboxylic acids is 4. The highest BCUT2D eigenvalue weighted by molar-refractivity contribution is 9.11. The third-order valence-electron chi connectivity index (χ3n) is 8.31. The predicted octanol–water partition coefficient (Wildman–Crippen LogP) is 2.23. The molecule has 41 heavy (non-hydrogen) atoms. The van der Waals surface area contributed by atoms with Gasteiger partial charge in [-0.2, -0.15) is 0 Å². The van der Waals surface area contributed by atoms with Gasteiger partial charge in [0.1, 0.15) is 29.8 Å². The van der Waals surface area contributed by atoms with Crippen LogP contribution in [0, 0.1) is 11.8 Å². The minimum atomic E-state index is -1.38. The molecule has 0 aromatic heterocycles. The quantitative estimate of drug-likeness (QED) is 0.365. The highest BCUT2D eigenvalue weighted by Crippen LogP contribution is 2.59. The lowest BCUT2D eigenvalue weighted by atomic mass is 9.74. The molecule has 0 aliphatic carbocycles. The van der Waals surface area contributed by atoms with Crippen molar-refractivity contribution in [3.63, 3.8) is 0 Å². The van der Waals surface area contributed by atoms with E-state index in [1.54, 1.807) is 11.0 Å². The Kier molecular flexibility index (Phi) is 8.96. The van der Waals surface area contributed by atoms with E-state index in [0.717, 1.165) is 12.8 Å². The first-order valence-corrected chi connectivity index (χ1v) is 15.0. The van der Waals surface area contributed by atoms with Crippen molar-refractivity contribution in [1.29, 1.82) is 0 Å². The van der Waals surface area contributed by atoms with Gasteiger partial charge in [-0.15, -0.1) is 0 Å². The number of cyclic esters (lactones) is 1. The molecular weight excluding hydrogens is 594 g/mol. The number of unbranched alkanes of at least 4 members (excludes halogenated alkanes) is 1. The van der Waals surface area contributed by atoms with Crippen molar-refractivity contribution >= 4 is 39.6 Å². The average Bonchev–Trinajstić information content (AvgIpc) is 3.55. The van der Waals surface area contributed by atoms with Crippen LogP contribution in [0.3, 0.4) is 0 Å². The number of β-amino-alcohol motifs (C(OH)–C–C–N with tert-alkyl or cyclic N) is 1. The molecule has 220 valence electrons. The number of nitrogens with one attached hydrogen (secondary N) is 1. The van der Waals surface area contributed by atoms with Crippen molar-refractivity contribution < 1.29 is 33.8 Å². The summed E-state index contributed by atoms with van der Waals surface area (Å²) in [6.45, 7) is 2.47. The Hall–Kier alpha value is -3.02. The molecule has 10 nitrogen and oxygen atoms in total. The van der Waals surface area contributed by atoms with Crippen LogP contribution >= 0.6 is 15.9 Å². The van der Waals surface area contributed by atoms with Crippen molar-refractivity contribution in [3.05, 3.63) is 58.6 Å². The average molecular weight is 631 g/mol. The Morgan fingerprint density at radius 1 is 1.10 bits per heavy atom. The highest BCUT2D eigenvalue weighted by atomic mass is 79.9. The molecule has 2 fully saturated rings. The zero-order chi connectivity index (χ0) is 29.1. The number of rotatable bonds is 6. The number of esters is 1. The zero-order valence-corrected chi connectivity index (χ0v) is 24.6. The van der Waals surface area contributed by atoms with Gasteiger partial charge in [-0.3, -0.25) is 19.2 Å². The molecule has 1 aromatic carbocycles. The van der Waals surface area contributed by atoms with Crippen LogP contribution in [-0.2, 0) is 28.7 Å². The molecular formula is C30H36BrN3O7. The summed E-state index contributed by atoms with van der Waals surface area (Å²) < 4.78 is 13.0. The van der Waals surface area contributed by atoms with Gasteiger partial charge in [-0.05, 0) is 24.5 Å². The fraction of sp³-hybridized carbons (Fsp3) is 0.533. The second-order valence-electron chi connectivity index (χ2n) is 10.9. The van der Waals surface area contributed by atoms with Crippen molar-refractivity contribution in [2.75, 3.05) is 32.8 Å². The molecule has 5 bridgehead atoms. The summed E-state index contributed by atoms with van der Waals surface area (Å²) in [5.41, 5.74) is -0.679. The van der Waals surface area contributed by atoms with E-state index in [1.807, 2.05) is 49.4 Å². The number of allylic oxidation sites excluding steroid dienone is 1. The second-order valence-corrected chi connectivity index (χ2v) is 11.8. The Morgan fingerprint density at radius 2 is 1.88 bits per heavy atom. The molecule has 4 aliphatic rings. The Balaban J connectivity index is 1.56. The maximum atomic E-state index is 14.2. The number of likely N-dealkylation sites (tertiary alicyclic amines) is 1. The molecule has 5 rings (SSSR count). The minimum absolute atomic E-state index is 0.0646. The lowest BCUT2D eigenvalue weighted by Crippen LogP contribution is -2.56. The van der Waals surface area contributed by atoms with Gasteiger partial charge in [0.15, 0.2) is 0 Å². The van der Waals surface area contributed by atoms with E-state index in [-0.39, 0.29) is 37.9 Å². The van der Waals surface area contributed by atoms with Crippen LogP contribution in [0.2, 0.25) is 0 Å². The third kappa shape index (κ3) is 5.47. The number of nitrogens with zero attached hydrogens (tertiary/aromatic N) is 2. The van der Waals surface area contributed by atoms with E-state index in [2.05, 4.69) is 21.2 Å². The van der Waals surface area contributed by atoms with Crippen molar-refractivity contribution in [2.24, 2.45) is 11.8 Å². The van der Waals surface area contributed by atoms with E-state index >= 15 is 0 Å². The Labute approximate surface area is 247 Å². The van der Waals surface area contributed by atoms with E-state index in [4.69, 9.17) is 9.47 Å². The van der Waals surface area contributed by atoms with Crippen molar-refractivity contribution in [1.82, 2.24) is 15.1 Å². The second kappa shape index (κ2) is 12.5. The van der Waals surface area contributed by atoms with Crippen LogP contribution in [0.25, 0.3) is 0 Å². The van der Waals surface area contributed by atoms with Crippen LogP contribution in [0.1, 0.15) is 44.3 Å². The molecule has 6 atom stereocenters. The molecule has 11 heteroatoms. The lowest BCUT2D eigenvalue weighted by Gasteiger charge is -2.35. The molecule has 1 spiro atoms. The minimum Gasteiger partial charge on any atom is -0.455 e. The van der Waals surface area contributed by atoms with Crippen LogP contribution in [0.4, 0.5) is 0 Å². The Morgan fingerprint density at radius 3 is 2.61 bits per heavy atom. The monoisotopic (exact) mass is 629 g/mol. The van der Waals surface area contributed by atoms with Crippen LogP contribution < -0.4 is 5.32 Å². The summed E-state index contributed by atoms with van der Waals surface area (Å²) in [6, 6.07) is 8.07. The van der Waals surface area contributed by atoms with E-state index in [0.29, 0.717) is 29.6 Å². The molecule has 0 unspecified atom stereocenters. The van der Waals surface area contributed by atoms with Gasteiger partial charge in [0.2, 0.25) is 17.7 Å². The summed E-state index contributed by atoms with van der Waals surface area (Å²) in [6.07, 6.45) is 6.25. The number of carbonyl (C=O) groups is 4. The standard InChI is InChI=1S/C30H36BrN3O7/c1-2-3-13-33-14-9-5-8-12-22(36)32-18-21(19-10-6-4-7-11-19)40-29(39)23-24-27(37)34(15-16-35)26(28(33)38)30(24)17-20(31)25(23)41-30/h4-7,9-11,17,21,23-26,35H,2-3,8,12-16,18H2,1H3,(H,32,36)/b9-5-/t21-,23-,24+,25-,26-,30+/m0/s1. The summed E-state index contributed by atoms with van der Waals surface area (Å²) in [4.78, 5) is 57.8. The van der Waals surface area contributed by atoms with Crippen LogP contribution in [0.15, 0.2) is 53.0 Å². The maximum Gasteiger partial charge on any atom is 0.313 e. The first-order chi connectivity index (χ1) is 19.8. The predicted molar refractivity (Wildman–Crippen MR) is 152 cm³/mol. The molecule has 4 heterocycles. The van der Waals surface area contributed by atoms with E-state index < -0.39 is 47.6 Å². The molecule has 3 amide bonds. The smallest absolute Gasteiger partial charge is 0.313 e. The summed E-state index contributed by atoms with van der Waals surface area (Å²) in [7, 11) is 0. The van der Waals surface area contributed by atoms with Crippen LogP contribution in [-0.4, -0.2) is 89.1 Å². The fourth-order valence-electron chi connectivity index (χ4n) is 6.37. The molecule has 4 aliphatic heterocycles. The largest absolute Gasteiger partial charge is 0.455 e. The zero-order valence-electron chi connectivity index (χ0n) is 23.0. The molecule has 2 saturated heterocycles. The highest BCUT2D eigenvalue weighted by Gasteiger charge is 2.74. The molecule has 1 aromatic rings. The number of aliphatic hydroxyl groups is 1. The van der Waals surface area contributed by atoms with E-state index in [9.17, 15) is 24.3 Å². The number of fused-ring (bicyclic) bond motifs is 2. The lowest BCUT2D eigenvalue weighted by molar-refractivity contribution is -0.160. The summed E-state index contributed by atoms with van der Waals surface area (Å²) in [5, 5.41) is 12.7. The Bertz CT molecular complexity index is 1240.